The van der Waals surface area contributed by atoms with Crippen LogP contribution in [0.15, 0.2) is 36.4 Å². The number of ether oxygens (including phenoxy) is 2. The van der Waals surface area contributed by atoms with Crippen LogP contribution in [0.3, 0.4) is 0 Å². The first-order valence-electron chi connectivity index (χ1n) is 6.44. The Hall–Kier alpha value is -1.81. The number of benzene rings is 1. The fourth-order valence-corrected chi connectivity index (χ4v) is 1.57. The molecular formula is C15H17ClO4. The number of carbonyl (C=O) groups excluding carboxylic acids is 2. The molecule has 0 spiro atoms. The van der Waals surface area contributed by atoms with Gasteiger partial charge in [-0.05, 0) is 24.6 Å². The topological polar surface area (TPSA) is 52.6 Å². The van der Waals surface area contributed by atoms with Crippen molar-refractivity contribution < 1.29 is 19.1 Å². The first kappa shape index (κ1) is 16.2. The molecule has 0 aliphatic carbocycles. The van der Waals surface area contributed by atoms with Gasteiger partial charge in [0.2, 0.25) is 0 Å². The van der Waals surface area contributed by atoms with Gasteiger partial charge in [0.15, 0.2) is 0 Å². The molecule has 0 aromatic heterocycles. The highest BCUT2D eigenvalue weighted by Crippen LogP contribution is 2.17. The third-order valence-corrected chi connectivity index (χ3v) is 2.60. The van der Waals surface area contributed by atoms with E-state index in [2.05, 4.69) is 6.92 Å². The van der Waals surface area contributed by atoms with Gasteiger partial charge in [-0.1, -0.05) is 37.4 Å². The second-order valence-electron chi connectivity index (χ2n) is 4.09. The number of hydrogen-bond acceptors (Lipinski definition) is 4. The molecule has 1 aromatic rings. The quantitative estimate of drug-likeness (QED) is 0.334. The van der Waals surface area contributed by atoms with E-state index < -0.39 is 11.9 Å². The Morgan fingerprint density at radius 2 is 1.95 bits per heavy atom. The van der Waals surface area contributed by atoms with Crippen molar-refractivity contribution in [1.82, 2.24) is 0 Å². The number of hydrogen-bond donors (Lipinski definition) is 0. The van der Waals surface area contributed by atoms with Crippen LogP contribution >= 0.6 is 11.6 Å². The Morgan fingerprint density at radius 3 is 2.65 bits per heavy atom. The van der Waals surface area contributed by atoms with Crippen molar-refractivity contribution >= 4 is 23.5 Å². The molecule has 0 saturated carbocycles. The normalized spacial score (nSPS) is 10.5. The maximum Gasteiger partial charge on any atom is 0.336 e. The van der Waals surface area contributed by atoms with E-state index in [9.17, 15) is 9.59 Å². The minimum absolute atomic E-state index is 0.323. The summed E-state index contributed by atoms with van der Waals surface area (Å²) in [5, 5.41) is 0.467. The molecule has 1 aromatic carbocycles. The van der Waals surface area contributed by atoms with Crippen molar-refractivity contribution in [2.45, 2.75) is 26.2 Å². The lowest BCUT2D eigenvalue weighted by Crippen LogP contribution is -2.07. The number of esters is 2. The lowest BCUT2D eigenvalue weighted by Gasteiger charge is -2.02. The molecule has 0 atom stereocenters. The van der Waals surface area contributed by atoms with Gasteiger partial charge in [-0.2, -0.15) is 0 Å². The molecule has 108 valence electrons. The van der Waals surface area contributed by atoms with Gasteiger partial charge >= 0.3 is 11.9 Å². The molecule has 0 amide bonds. The lowest BCUT2D eigenvalue weighted by molar-refractivity contribution is -0.138. The fraction of sp³-hybridized carbons (Fsp3) is 0.333. The monoisotopic (exact) mass is 296 g/mol. The van der Waals surface area contributed by atoms with Crippen LogP contribution in [0, 0.1) is 0 Å². The van der Waals surface area contributed by atoms with Gasteiger partial charge < -0.3 is 9.47 Å². The zero-order valence-electron chi connectivity index (χ0n) is 11.3. The Bertz CT molecular complexity index is 483. The molecule has 1 rings (SSSR count). The van der Waals surface area contributed by atoms with Crippen molar-refractivity contribution in [3.63, 3.8) is 0 Å². The summed E-state index contributed by atoms with van der Waals surface area (Å²) in [4.78, 5) is 22.7. The summed E-state index contributed by atoms with van der Waals surface area (Å²) in [5.74, 6) is -0.884. The average molecular weight is 297 g/mol. The van der Waals surface area contributed by atoms with E-state index in [4.69, 9.17) is 21.1 Å². The van der Waals surface area contributed by atoms with Gasteiger partial charge in [0.05, 0.1) is 6.61 Å². The van der Waals surface area contributed by atoms with E-state index in [0.29, 0.717) is 17.4 Å². The number of unbranched alkanes of at least 4 members (excludes halogenated alkanes) is 2. The van der Waals surface area contributed by atoms with Crippen molar-refractivity contribution in [3.8, 4) is 5.75 Å². The molecule has 0 heterocycles. The van der Waals surface area contributed by atoms with Crippen molar-refractivity contribution in [1.29, 1.82) is 0 Å². The van der Waals surface area contributed by atoms with E-state index >= 15 is 0 Å². The van der Waals surface area contributed by atoms with E-state index in [1.54, 1.807) is 18.2 Å². The first-order valence-corrected chi connectivity index (χ1v) is 6.82. The average Bonchev–Trinajstić information content (AvgIpc) is 2.41. The minimum Gasteiger partial charge on any atom is -0.463 e. The standard InChI is InChI=1S/C15H17ClO4/c1-2-3-4-10-19-14(17)8-9-15(18)20-13-7-5-6-12(16)11-13/h5-9,11H,2-4,10H2,1H3/b9-8+. The summed E-state index contributed by atoms with van der Waals surface area (Å²) in [6, 6.07) is 6.44. The molecule has 0 unspecified atom stereocenters. The third-order valence-electron chi connectivity index (χ3n) is 2.36. The molecule has 4 nitrogen and oxygen atoms in total. The molecule has 0 aliphatic heterocycles. The Labute approximate surface area is 123 Å². The predicted octanol–water partition coefficient (Wildman–Crippen LogP) is 3.54. The van der Waals surface area contributed by atoms with Gasteiger partial charge in [0.1, 0.15) is 5.75 Å². The third kappa shape index (κ3) is 6.95. The second-order valence-corrected chi connectivity index (χ2v) is 4.52. The summed E-state index contributed by atoms with van der Waals surface area (Å²) in [5.41, 5.74) is 0. The van der Waals surface area contributed by atoms with Crippen LogP contribution in [-0.2, 0) is 14.3 Å². The van der Waals surface area contributed by atoms with Crippen LogP contribution < -0.4 is 4.74 Å². The van der Waals surface area contributed by atoms with Crippen LogP contribution in [-0.4, -0.2) is 18.5 Å². The summed E-state index contributed by atoms with van der Waals surface area (Å²) in [6.45, 7) is 2.42. The summed E-state index contributed by atoms with van der Waals surface area (Å²) >= 11 is 5.76. The Kier molecular flexibility index (Phi) is 7.43. The predicted molar refractivity (Wildman–Crippen MR) is 76.7 cm³/mol. The molecule has 0 saturated heterocycles. The zero-order valence-corrected chi connectivity index (χ0v) is 12.1. The molecule has 5 heteroatoms. The first-order chi connectivity index (χ1) is 9.61. The Morgan fingerprint density at radius 1 is 1.20 bits per heavy atom. The van der Waals surface area contributed by atoms with Crippen LogP contribution in [0.4, 0.5) is 0 Å². The van der Waals surface area contributed by atoms with Crippen molar-refractivity contribution in [2.75, 3.05) is 6.61 Å². The molecule has 0 radical (unpaired) electrons. The SMILES string of the molecule is CCCCCOC(=O)/C=C/C(=O)Oc1cccc(Cl)c1. The maximum absolute atomic E-state index is 11.4. The fourth-order valence-electron chi connectivity index (χ4n) is 1.39. The highest BCUT2D eigenvalue weighted by molar-refractivity contribution is 6.30. The van der Waals surface area contributed by atoms with E-state index in [1.165, 1.54) is 6.07 Å². The molecule has 0 N–H and O–H groups in total. The number of halogens is 1. The van der Waals surface area contributed by atoms with Crippen LogP contribution in [0.25, 0.3) is 0 Å². The Balaban J connectivity index is 2.34. The largest absolute Gasteiger partial charge is 0.463 e. The van der Waals surface area contributed by atoms with Gasteiger partial charge in [-0.15, -0.1) is 0 Å². The number of carbonyl (C=O) groups is 2. The summed E-state index contributed by atoms with van der Waals surface area (Å²) in [7, 11) is 0. The van der Waals surface area contributed by atoms with Crippen molar-refractivity contribution in [3.05, 3.63) is 41.4 Å². The van der Waals surface area contributed by atoms with E-state index in [1.807, 2.05) is 0 Å². The molecule has 20 heavy (non-hydrogen) atoms. The zero-order chi connectivity index (χ0) is 14.8. The molecule has 0 bridgehead atoms. The highest BCUT2D eigenvalue weighted by atomic mass is 35.5. The minimum atomic E-state index is -0.655. The van der Waals surface area contributed by atoms with Gasteiger partial charge in [0.25, 0.3) is 0 Å². The van der Waals surface area contributed by atoms with Gasteiger partial charge in [0, 0.05) is 17.2 Å². The molecular weight excluding hydrogens is 280 g/mol. The lowest BCUT2D eigenvalue weighted by atomic mass is 10.3. The van der Waals surface area contributed by atoms with Crippen LogP contribution in [0.5, 0.6) is 5.75 Å². The number of rotatable bonds is 7. The molecule has 0 aliphatic rings. The summed E-state index contributed by atoms with van der Waals surface area (Å²) in [6.07, 6.45) is 4.97. The smallest absolute Gasteiger partial charge is 0.336 e. The van der Waals surface area contributed by atoms with Crippen LogP contribution in [0.1, 0.15) is 26.2 Å². The maximum atomic E-state index is 11.4. The second kappa shape index (κ2) is 9.15. The molecule has 0 fully saturated rings. The van der Waals surface area contributed by atoms with E-state index in [-0.39, 0.29) is 0 Å². The highest BCUT2D eigenvalue weighted by Gasteiger charge is 2.03. The van der Waals surface area contributed by atoms with Gasteiger partial charge in [-0.25, -0.2) is 9.59 Å². The van der Waals surface area contributed by atoms with Crippen LogP contribution in [0.2, 0.25) is 5.02 Å². The van der Waals surface area contributed by atoms with E-state index in [0.717, 1.165) is 31.4 Å². The van der Waals surface area contributed by atoms with Crippen molar-refractivity contribution in [2.24, 2.45) is 0 Å². The van der Waals surface area contributed by atoms with Gasteiger partial charge in [-0.3, -0.25) is 0 Å². The summed E-state index contributed by atoms with van der Waals surface area (Å²) < 4.78 is 9.88.